The van der Waals surface area contributed by atoms with Crippen molar-refractivity contribution in [3.8, 4) is 11.5 Å². The van der Waals surface area contributed by atoms with Crippen molar-refractivity contribution in [2.45, 2.75) is 13.0 Å². The van der Waals surface area contributed by atoms with Gasteiger partial charge in [0, 0.05) is 5.56 Å². The summed E-state index contributed by atoms with van der Waals surface area (Å²) in [4.78, 5) is 14.0. The zero-order chi connectivity index (χ0) is 16.4. The van der Waals surface area contributed by atoms with Gasteiger partial charge in [0.2, 0.25) is 0 Å². The number of carbonyl (C=O) groups is 1. The van der Waals surface area contributed by atoms with E-state index < -0.39 is 0 Å². The van der Waals surface area contributed by atoms with Gasteiger partial charge in [-0.05, 0) is 55.0 Å². The normalized spacial score (nSPS) is 14.3. The molecule has 0 aromatic heterocycles. The maximum atomic E-state index is 13.1. The summed E-state index contributed by atoms with van der Waals surface area (Å²) in [6, 6.07) is 11.5. The van der Waals surface area contributed by atoms with Gasteiger partial charge in [0.15, 0.2) is 0 Å². The Hall–Kier alpha value is -2.56. The van der Waals surface area contributed by atoms with Crippen LogP contribution in [0.1, 0.15) is 15.9 Å². The zero-order valence-electron chi connectivity index (χ0n) is 13.1. The number of carbonyl (C=O) groups excluding carboxylic acids is 1. The van der Waals surface area contributed by atoms with Crippen molar-refractivity contribution < 1.29 is 18.7 Å². The van der Waals surface area contributed by atoms with Crippen LogP contribution in [0, 0.1) is 12.7 Å². The maximum absolute atomic E-state index is 13.1. The summed E-state index contributed by atoms with van der Waals surface area (Å²) in [5, 5.41) is 0. The van der Waals surface area contributed by atoms with Crippen molar-refractivity contribution in [2.24, 2.45) is 0 Å². The molecule has 1 aliphatic rings. The number of benzene rings is 2. The monoisotopic (exact) mass is 315 g/mol. The fraction of sp³-hybridized carbons (Fsp3) is 0.278. The number of amides is 1. The van der Waals surface area contributed by atoms with Gasteiger partial charge in [0.25, 0.3) is 5.91 Å². The van der Waals surface area contributed by atoms with E-state index in [0.717, 1.165) is 11.3 Å². The van der Waals surface area contributed by atoms with Crippen LogP contribution in [0.15, 0.2) is 42.5 Å². The van der Waals surface area contributed by atoms with Crippen molar-refractivity contribution in [2.75, 3.05) is 20.2 Å². The molecule has 0 unspecified atom stereocenters. The predicted octanol–water partition coefficient (Wildman–Crippen LogP) is 3.05. The van der Waals surface area contributed by atoms with Crippen LogP contribution in [0.25, 0.3) is 0 Å². The quantitative estimate of drug-likeness (QED) is 0.870. The highest BCUT2D eigenvalue weighted by Gasteiger charge is 2.33. The van der Waals surface area contributed by atoms with Gasteiger partial charge in [-0.25, -0.2) is 4.39 Å². The van der Waals surface area contributed by atoms with Gasteiger partial charge in [-0.2, -0.15) is 0 Å². The summed E-state index contributed by atoms with van der Waals surface area (Å²) in [6.07, 6.45) is -0.0543. The molecule has 120 valence electrons. The molecule has 0 N–H and O–H groups in total. The third kappa shape index (κ3) is 3.28. The number of methoxy groups -OCH3 is 1. The van der Waals surface area contributed by atoms with Gasteiger partial charge in [0.05, 0.1) is 20.2 Å². The van der Waals surface area contributed by atoms with Crippen molar-refractivity contribution in [3.05, 3.63) is 59.4 Å². The van der Waals surface area contributed by atoms with E-state index in [1.165, 1.54) is 12.1 Å². The molecule has 23 heavy (non-hydrogen) atoms. The molecule has 1 heterocycles. The lowest BCUT2D eigenvalue weighted by atomic mass is 10.1. The highest BCUT2D eigenvalue weighted by Crippen LogP contribution is 2.24. The molecule has 1 fully saturated rings. The van der Waals surface area contributed by atoms with Crippen LogP contribution in [0.5, 0.6) is 11.5 Å². The third-order valence-electron chi connectivity index (χ3n) is 3.90. The molecule has 1 saturated heterocycles. The van der Waals surface area contributed by atoms with Crippen LogP contribution in [-0.2, 0) is 0 Å². The number of hydrogen-bond donors (Lipinski definition) is 0. The minimum Gasteiger partial charge on any atom is -0.497 e. The van der Waals surface area contributed by atoms with Crippen molar-refractivity contribution in [1.29, 1.82) is 0 Å². The van der Waals surface area contributed by atoms with Crippen LogP contribution in [0.2, 0.25) is 0 Å². The minimum atomic E-state index is -0.278. The molecule has 0 bridgehead atoms. The second-order valence-corrected chi connectivity index (χ2v) is 5.59. The fourth-order valence-electron chi connectivity index (χ4n) is 2.52. The molecule has 0 atom stereocenters. The largest absolute Gasteiger partial charge is 0.497 e. The number of hydrogen-bond acceptors (Lipinski definition) is 3. The van der Waals surface area contributed by atoms with Crippen LogP contribution in [-0.4, -0.2) is 37.1 Å². The molecule has 1 amide bonds. The predicted molar refractivity (Wildman–Crippen MR) is 84.5 cm³/mol. The standard InChI is InChI=1S/C18H18FNO3/c1-12-9-14(19)5-8-17(12)23-16-10-20(11-16)18(21)13-3-6-15(22-2)7-4-13/h3-9,16H,10-11H2,1-2H3. The van der Waals surface area contributed by atoms with Gasteiger partial charge in [0.1, 0.15) is 23.4 Å². The topological polar surface area (TPSA) is 38.8 Å². The Balaban J connectivity index is 1.56. The lowest BCUT2D eigenvalue weighted by molar-refractivity contribution is 0.0175. The molecule has 3 rings (SSSR count). The van der Waals surface area contributed by atoms with Crippen LogP contribution in [0.3, 0.4) is 0 Å². The highest BCUT2D eigenvalue weighted by atomic mass is 19.1. The average Bonchev–Trinajstić information content (AvgIpc) is 2.51. The highest BCUT2D eigenvalue weighted by molar-refractivity contribution is 5.94. The SMILES string of the molecule is COc1ccc(C(=O)N2CC(Oc3ccc(F)cc3C)C2)cc1. The second-order valence-electron chi connectivity index (χ2n) is 5.59. The van der Waals surface area contributed by atoms with Gasteiger partial charge >= 0.3 is 0 Å². The molecule has 1 aliphatic heterocycles. The number of ether oxygens (including phenoxy) is 2. The number of aryl methyl sites for hydroxylation is 1. The number of nitrogens with zero attached hydrogens (tertiary/aromatic N) is 1. The van der Waals surface area contributed by atoms with Crippen LogP contribution in [0.4, 0.5) is 4.39 Å². The van der Waals surface area contributed by atoms with Gasteiger partial charge in [-0.3, -0.25) is 4.79 Å². The first-order valence-corrected chi connectivity index (χ1v) is 7.43. The van der Waals surface area contributed by atoms with Gasteiger partial charge in [-0.1, -0.05) is 0 Å². The van der Waals surface area contributed by atoms with Gasteiger partial charge < -0.3 is 14.4 Å². The molecule has 0 saturated carbocycles. The first kappa shape index (κ1) is 15.3. The van der Waals surface area contributed by atoms with Gasteiger partial charge in [-0.15, -0.1) is 0 Å². The molecular weight excluding hydrogens is 297 g/mol. The number of rotatable bonds is 4. The summed E-state index contributed by atoms with van der Waals surface area (Å²) in [5.41, 5.74) is 1.38. The molecule has 5 heteroatoms. The van der Waals surface area contributed by atoms with E-state index in [-0.39, 0.29) is 17.8 Å². The Kier molecular flexibility index (Phi) is 4.19. The van der Waals surface area contributed by atoms with E-state index in [2.05, 4.69) is 0 Å². The molecule has 0 aliphatic carbocycles. The maximum Gasteiger partial charge on any atom is 0.254 e. The lowest BCUT2D eigenvalue weighted by Crippen LogP contribution is -2.56. The molecule has 2 aromatic carbocycles. The van der Waals surface area contributed by atoms with Crippen molar-refractivity contribution in [3.63, 3.8) is 0 Å². The van der Waals surface area contributed by atoms with E-state index in [9.17, 15) is 9.18 Å². The van der Waals surface area contributed by atoms with E-state index in [1.54, 1.807) is 49.3 Å². The van der Waals surface area contributed by atoms with Crippen LogP contribution < -0.4 is 9.47 Å². The Labute approximate surface area is 134 Å². The van der Waals surface area contributed by atoms with Crippen molar-refractivity contribution >= 4 is 5.91 Å². The first-order valence-electron chi connectivity index (χ1n) is 7.43. The number of halogens is 1. The minimum absolute atomic E-state index is 0.0247. The Morgan fingerprint density at radius 1 is 1.17 bits per heavy atom. The van der Waals surface area contributed by atoms with E-state index >= 15 is 0 Å². The second kappa shape index (κ2) is 6.28. The molecule has 4 nitrogen and oxygen atoms in total. The Morgan fingerprint density at radius 3 is 2.48 bits per heavy atom. The first-order chi connectivity index (χ1) is 11.1. The Morgan fingerprint density at radius 2 is 1.87 bits per heavy atom. The average molecular weight is 315 g/mol. The molecular formula is C18H18FNO3. The van der Waals surface area contributed by atoms with Crippen molar-refractivity contribution in [1.82, 2.24) is 4.90 Å². The number of likely N-dealkylation sites (tertiary alicyclic amines) is 1. The molecule has 0 radical (unpaired) electrons. The smallest absolute Gasteiger partial charge is 0.254 e. The third-order valence-corrected chi connectivity index (χ3v) is 3.90. The van der Waals surface area contributed by atoms with E-state index in [4.69, 9.17) is 9.47 Å². The fourth-order valence-corrected chi connectivity index (χ4v) is 2.52. The summed E-state index contributed by atoms with van der Waals surface area (Å²) < 4.78 is 24.0. The van der Waals surface area contributed by atoms with E-state index in [1.807, 2.05) is 0 Å². The summed E-state index contributed by atoms with van der Waals surface area (Å²) in [6.45, 7) is 2.86. The van der Waals surface area contributed by atoms with E-state index in [0.29, 0.717) is 24.4 Å². The molecule has 2 aromatic rings. The lowest BCUT2D eigenvalue weighted by Gasteiger charge is -2.39. The summed E-state index contributed by atoms with van der Waals surface area (Å²) >= 11 is 0. The summed E-state index contributed by atoms with van der Waals surface area (Å²) in [7, 11) is 1.59. The van der Waals surface area contributed by atoms with Crippen LogP contribution >= 0.6 is 0 Å². The zero-order valence-corrected chi connectivity index (χ0v) is 13.1. The Bertz CT molecular complexity index is 709. The molecule has 0 spiro atoms. The summed E-state index contributed by atoms with van der Waals surface area (Å²) in [5.74, 6) is 1.08.